The molecule has 2 saturated carbocycles. The van der Waals surface area contributed by atoms with E-state index in [0.29, 0.717) is 50.7 Å². The third-order valence-electron chi connectivity index (χ3n) is 15.5. The highest BCUT2D eigenvalue weighted by molar-refractivity contribution is 7.90. The quantitative estimate of drug-likeness (QED) is 0.0441. The predicted octanol–water partition coefficient (Wildman–Crippen LogP) is 7.89. The molecular weight excluding hydrogens is 946 g/mol. The molecule has 9 rings (SSSR count). The maximum Gasteiger partial charge on any atom is 0.312 e. The van der Waals surface area contributed by atoms with E-state index < -0.39 is 42.9 Å². The number of β-amino-alcohol motifs (C(OH)–C–C–N with tert-alkyl or cyclic N) is 1. The lowest BCUT2D eigenvalue weighted by Crippen LogP contribution is -2.60. The van der Waals surface area contributed by atoms with Crippen LogP contribution in [0.1, 0.15) is 113 Å². The van der Waals surface area contributed by atoms with Crippen LogP contribution in [0.15, 0.2) is 71.9 Å². The van der Waals surface area contributed by atoms with Gasteiger partial charge in [-0.15, -0.1) is 0 Å². The van der Waals surface area contributed by atoms with Gasteiger partial charge in [0, 0.05) is 88.0 Å². The topological polar surface area (TPSA) is 229 Å². The van der Waals surface area contributed by atoms with Gasteiger partial charge in [0.05, 0.1) is 40.9 Å². The fourth-order valence-electron chi connectivity index (χ4n) is 11.3. The van der Waals surface area contributed by atoms with Crippen LogP contribution in [0.4, 0.5) is 21.6 Å². The Morgan fingerprint density at radius 2 is 1.79 bits per heavy atom. The molecule has 1 spiro atoms. The van der Waals surface area contributed by atoms with Crippen molar-refractivity contribution < 1.29 is 42.2 Å². The zero-order valence-electron chi connectivity index (χ0n) is 41.4. The van der Waals surface area contributed by atoms with Crippen molar-refractivity contribution >= 4 is 44.2 Å². The number of hydrogen-bond acceptors (Lipinski definition) is 15. The highest BCUT2D eigenvalue weighted by Crippen LogP contribution is 2.53. The molecule has 18 nitrogen and oxygen atoms in total. The highest BCUT2D eigenvalue weighted by atomic mass is 32.2. The molecule has 20 heteroatoms. The van der Waals surface area contributed by atoms with Crippen LogP contribution in [0.5, 0.6) is 17.4 Å². The summed E-state index contributed by atoms with van der Waals surface area (Å²) in [5, 5.41) is 35.5. The first-order chi connectivity index (χ1) is 34.4. The van der Waals surface area contributed by atoms with Gasteiger partial charge >= 0.3 is 5.69 Å². The molecule has 5 heterocycles. The van der Waals surface area contributed by atoms with Gasteiger partial charge in [0.1, 0.15) is 22.1 Å². The Hall–Kier alpha value is -5.93. The molecule has 3 aromatic heterocycles. The maximum atomic E-state index is 14.9. The van der Waals surface area contributed by atoms with Crippen LogP contribution in [0.3, 0.4) is 0 Å². The number of nitrogens with one attached hydrogen (secondary N) is 3. The van der Waals surface area contributed by atoms with Gasteiger partial charge in [-0.2, -0.15) is 4.98 Å². The summed E-state index contributed by atoms with van der Waals surface area (Å²) in [6, 6.07) is 16.5. The van der Waals surface area contributed by atoms with Crippen molar-refractivity contribution in [2.24, 2.45) is 11.3 Å². The third-order valence-corrected chi connectivity index (χ3v) is 16.8. The molecule has 5 N–H and O–H groups in total. The zero-order chi connectivity index (χ0) is 51.0. The molecule has 0 bridgehead atoms. The number of aliphatic hydroxyl groups is 2. The molecule has 4 aliphatic rings. The number of aromatic amines is 1. The SMILES string of the molecule is CCOc1nc2[nH]cc(F)c2cc1Oc1cc(N2CCC3(CC2)CC(N2CCN(CCO)C[C@H]2c2ccccc2C(C)C)C3)ccc1C(=O)NS(=O)(=O)c1cnc(NCC2CCC(C)(O)CC2)c([N+](=O)[O-])c1. The molecule has 2 aromatic carbocycles. The first-order valence-electron chi connectivity index (χ1n) is 25.2. The minimum atomic E-state index is -4.74. The first kappa shape index (κ1) is 51.0. The summed E-state index contributed by atoms with van der Waals surface area (Å²) in [5.74, 6) is -1.32. The standard InChI is InChI=1S/C52H66FN9O9S/c1-5-70-50-46(26-41-42(53)31-56-47(41)57-50)71-45-24-35(10-11-40(45)49(64)58-72(68,69)37-25-43(62(66)67)48(55-30-37)54-29-34-12-14-51(4,65)15-13-34)60-18-16-52(17-19-60)27-36(28-52)61-21-20-59(22-23-63)32-44(61)39-9-7-6-8-38(39)33(2)3/h6-11,24-26,30-31,33-34,36,44,63,65H,5,12-23,27-29,32H2,1-4H3,(H,54,55)(H,56,57)(H,58,64)/t34?,44-,51?/m0/s1. The number of aliphatic hydroxyl groups excluding tert-OH is 1. The number of carbonyl (C=O) groups excluding carboxylic acids is 1. The fraction of sp³-hybridized carbons (Fsp3) is 0.519. The minimum absolute atomic E-state index is 0.0111. The number of fused-ring (bicyclic) bond motifs is 1. The van der Waals surface area contributed by atoms with E-state index in [1.807, 2.05) is 0 Å². The predicted molar refractivity (Wildman–Crippen MR) is 271 cm³/mol. The van der Waals surface area contributed by atoms with Crippen LogP contribution in [0.25, 0.3) is 11.0 Å². The van der Waals surface area contributed by atoms with E-state index in [1.54, 1.807) is 26.0 Å². The van der Waals surface area contributed by atoms with Crippen LogP contribution >= 0.6 is 0 Å². The first-order valence-corrected chi connectivity index (χ1v) is 26.7. The molecule has 5 aromatic rings. The van der Waals surface area contributed by atoms with E-state index >= 15 is 0 Å². The lowest BCUT2D eigenvalue weighted by molar-refractivity contribution is -0.384. The van der Waals surface area contributed by atoms with Crippen LogP contribution in [0.2, 0.25) is 0 Å². The van der Waals surface area contributed by atoms with Crippen LogP contribution in [-0.4, -0.2) is 125 Å². The normalized spacial score (nSPS) is 22.0. The molecular formula is C52H66FN9O9S. The Morgan fingerprint density at radius 3 is 2.50 bits per heavy atom. The average Bonchev–Trinajstić information content (AvgIpc) is 3.71. The van der Waals surface area contributed by atoms with E-state index in [9.17, 15) is 37.9 Å². The van der Waals surface area contributed by atoms with Gasteiger partial charge in [0.2, 0.25) is 5.82 Å². The average molecular weight is 1010 g/mol. The molecule has 2 aliphatic carbocycles. The van der Waals surface area contributed by atoms with E-state index in [2.05, 4.69) is 77.8 Å². The summed E-state index contributed by atoms with van der Waals surface area (Å²) in [6.45, 7) is 13.5. The van der Waals surface area contributed by atoms with Crippen molar-refractivity contribution in [2.45, 2.75) is 108 Å². The minimum Gasteiger partial charge on any atom is -0.475 e. The summed E-state index contributed by atoms with van der Waals surface area (Å²) < 4.78 is 56.9. The molecule has 1 atom stereocenters. The van der Waals surface area contributed by atoms with Crippen molar-refractivity contribution in [2.75, 3.05) is 69.2 Å². The Kier molecular flexibility index (Phi) is 14.8. The molecule has 2 aliphatic heterocycles. The Labute approximate surface area is 419 Å². The summed E-state index contributed by atoms with van der Waals surface area (Å²) >= 11 is 0. The van der Waals surface area contributed by atoms with Crippen LogP contribution in [0, 0.1) is 27.3 Å². The number of piperidine rings is 1. The number of halogens is 1. The second kappa shape index (κ2) is 20.9. The number of nitrogens with zero attached hydrogens (tertiary/aromatic N) is 6. The van der Waals surface area contributed by atoms with Crippen LogP contribution in [-0.2, 0) is 10.0 Å². The van der Waals surface area contributed by atoms with Crippen LogP contribution < -0.4 is 24.4 Å². The number of sulfonamides is 1. The summed E-state index contributed by atoms with van der Waals surface area (Å²) in [6.07, 6.45) is 8.76. The molecule has 0 unspecified atom stereocenters. The molecule has 386 valence electrons. The number of carbonyl (C=O) groups is 1. The number of pyridine rings is 2. The Balaban J connectivity index is 0.936. The summed E-state index contributed by atoms with van der Waals surface area (Å²) in [7, 11) is -4.74. The van der Waals surface area contributed by atoms with E-state index in [-0.39, 0.29) is 70.4 Å². The van der Waals surface area contributed by atoms with Gasteiger partial charge in [0.25, 0.3) is 21.8 Å². The number of piperazine rings is 1. The van der Waals surface area contributed by atoms with Crippen molar-refractivity contribution in [1.82, 2.24) is 29.5 Å². The third kappa shape index (κ3) is 10.9. The van der Waals surface area contributed by atoms with E-state index in [4.69, 9.17) is 9.47 Å². The van der Waals surface area contributed by atoms with E-state index in [1.165, 1.54) is 23.3 Å². The van der Waals surface area contributed by atoms with Crippen molar-refractivity contribution in [3.63, 3.8) is 0 Å². The van der Waals surface area contributed by atoms with Gasteiger partial charge in [-0.3, -0.25) is 24.7 Å². The number of ether oxygens (including phenoxy) is 2. The largest absolute Gasteiger partial charge is 0.475 e. The number of anilines is 2. The number of nitro groups is 1. The lowest BCUT2D eigenvalue weighted by Gasteiger charge is -2.58. The number of benzene rings is 2. The highest BCUT2D eigenvalue weighted by Gasteiger charge is 2.50. The lowest BCUT2D eigenvalue weighted by atomic mass is 9.59. The molecule has 2 saturated heterocycles. The van der Waals surface area contributed by atoms with Gasteiger partial charge < -0.3 is 34.9 Å². The molecule has 72 heavy (non-hydrogen) atoms. The molecule has 1 amide bonds. The van der Waals surface area contributed by atoms with Gasteiger partial charge in [0.15, 0.2) is 5.75 Å². The second-order valence-electron chi connectivity index (χ2n) is 20.7. The fourth-order valence-corrected chi connectivity index (χ4v) is 12.2. The number of hydrogen-bond donors (Lipinski definition) is 5. The van der Waals surface area contributed by atoms with Gasteiger partial charge in [-0.05, 0) is 106 Å². The Bertz CT molecular complexity index is 2890. The van der Waals surface area contributed by atoms with Crippen molar-refractivity contribution in [1.29, 1.82) is 0 Å². The van der Waals surface area contributed by atoms with Crippen molar-refractivity contribution in [3.05, 3.63) is 99.6 Å². The molecule has 4 fully saturated rings. The number of amides is 1. The number of H-pyrrole nitrogens is 1. The van der Waals surface area contributed by atoms with E-state index in [0.717, 1.165) is 82.6 Å². The number of aromatic nitrogens is 3. The number of rotatable bonds is 17. The van der Waals surface area contributed by atoms with Crippen molar-refractivity contribution in [3.8, 4) is 17.4 Å². The summed E-state index contributed by atoms with van der Waals surface area (Å²) in [5.41, 5.74) is 2.32. The second-order valence-corrected chi connectivity index (χ2v) is 22.4. The Morgan fingerprint density at radius 1 is 1.04 bits per heavy atom. The zero-order valence-corrected chi connectivity index (χ0v) is 42.2. The van der Waals surface area contributed by atoms with Gasteiger partial charge in [-0.1, -0.05) is 38.1 Å². The summed E-state index contributed by atoms with van der Waals surface area (Å²) in [4.78, 5) is 43.7. The van der Waals surface area contributed by atoms with Gasteiger partial charge in [-0.25, -0.2) is 22.5 Å². The molecule has 0 radical (unpaired) electrons. The monoisotopic (exact) mass is 1010 g/mol. The maximum absolute atomic E-state index is 14.9. The smallest absolute Gasteiger partial charge is 0.312 e.